The highest BCUT2D eigenvalue weighted by Gasteiger charge is 2.12. The van der Waals surface area contributed by atoms with E-state index in [0.29, 0.717) is 18.8 Å². The summed E-state index contributed by atoms with van der Waals surface area (Å²) in [5.41, 5.74) is 0.571. The van der Waals surface area contributed by atoms with Crippen molar-refractivity contribution in [3.8, 4) is 5.75 Å². The van der Waals surface area contributed by atoms with Gasteiger partial charge in [0.15, 0.2) is 0 Å². The number of ether oxygens (including phenoxy) is 1. The summed E-state index contributed by atoms with van der Waals surface area (Å²) < 4.78 is 5.54. The maximum atomic E-state index is 11.8. The third kappa shape index (κ3) is 8.21. The van der Waals surface area contributed by atoms with Crippen LogP contribution in [-0.4, -0.2) is 50.5 Å². The van der Waals surface area contributed by atoms with E-state index in [9.17, 15) is 9.59 Å². The highest BCUT2D eigenvalue weighted by molar-refractivity contribution is 6.39. The molecule has 23 heavy (non-hydrogen) atoms. The molecule has 128 valence electrons. The molecule has 0 saturated heterocycles. The number of carbonyl (C=O) groups excluding carboxylic acids is 2. The lowest BCUT2D eigenvalue weighted by Gasteiger charge is -2.10. The maximum Gasteiger partial charge on any atom is 0.313 e. The predicted molar refractivity (Wildman–Crippen MR) is 91.7 cm³/mol. The molecule has 0 atom stereocenters. The third-order valence-electron chi connectivity index (χ3n) is 3.15. The minimum Gasteiger partial charge on any atom is -0.494 e. The first-order valence-electron chi connectivity index (χ1n) is 7.99. The Morgan fingerprint density at radius 1 is 1.09 bits per heavy atom. The summed E-state index contributed by atoms with van der Waals surface area (Å²) in [7, 11) is 3.92. The number of anilines is 1. The van der Waals surface area contributed by atoms with Crippen molar-refractivity contribution in [2.75, 3.05) is 39.1 Å². The predicted octanol–water partition coefficient (Wildman–Crippen LogP) is 1.87. The van der Waals surface area contributed by atoms with Crippen molar-refractivity contribution in [1.29, 1.82) is 0 Å². The van der Waals surface area contributed by atoms with Crippen molar-refractivity contribution in [3.63, 3.8) is 0 Å². The maximum absolute atomic E-state index is 11.8. The molecular weight excluding hydrogens is 294 g/mol. The number of nitrogens with zero attached hydrogens (tertiary/aromatic N) is 1. The molecule has 0 spiro atoms. The van der Waals surface area contributed by atoms with Crippen LogP contribution >= 0.6 is 0 Å². The normalized spacial score (nSPS) is 10.4. The van der Waals surface area contributed by atoms with Crippen LogP contribution in [-0.2, 0) is 9.59 Å². The minimum atomic E-state index is -0.658. The number of carbonyl (C=O) groups is 2. The second kappa shape index (κ2) is 10.6. The van der Waals surface area contributed by atoms with Gasteiger partial charge in [-0.15, -0.1) is 0 Å². The molecule has 6 heteroatoms. The molecule has 2 N–H and O–H groups in total. The first-order valence-corrected chi connectivity index (χ1v) is 7.99. The zero-order valence-corrected chi connectivity index (χ0v) is 14.2. The highest BCUT2D eigenvalue weighted by Crippen LogP contribution is 2.15. The highest BCUT2D eigenvalue weighted by atomic mass is 16.5. The molecular formula is C17H27N3O3. The van der Waals surface area contributed by atoms with Gasteiger partial charge in [-0.1, -0.05) is 13.3 Å². The summed E-state index contributed by atoms with van der Waals surface area (Å²) >= 11 is 0. The molecule has 0 fully saturated rings. The van der Waals surface area contributed by atoms with Crippen molar-refractivity contribution >= 4 is 17.5 Å². The quantitative estimate of drug-likeness (QED) is 0.538. The van der Waals surface area contributed by atoms with Crippen LogP contribution in [0, 0.1) is 0 Å². The molecule has 1 rings (SSSR count). The van der Waals surface area contributed by atoms with Crippen molar-refractivity contribution < 1.29 is 14.3 Å². The number of hydrogen-bond acceptors (Lipinski definition) is 4. The van der Waals surface area contributed by atoms with E-state index in [0.717, 1.165) is 31.6 Å². The molecule has 0 bridgehead atoms. The molecule has 0 heterocycles. The minimum absolute atomic E-state index is 0.481. The van der Waals surface area contributed by atoms with Crippen LogP contribution in [0.25, 0.3) is 0 Å². The lowest BCUT2D eigenvalue weighted by Crippen LogP contribution is -2.36. The van der Waals surface area contributed by atoms with E-state index < -0.39 is 11.8 Å². The molecule has 1 aromatic carbocycles. The van der Waals surface area contributed by atoms with Gasteiger partial charge in [-0.25, -0.2) is 0 Å². The summed E-state index contributed by atoms with van der Waals surface area (Å²) in [4.78, 5) is 25.5. The third-order valence-corrected chi connectivity index (χ3v) is 3.15. The van der Waals surface area contributed by atoms with Crippen LogP contribution in [0.15, 0.2) is 24.3 Å². The second-order valence-electron chi connectivity index (χ2n) is 5.59. The van der Waals surface area contributed by atoms with Gasteiger partial charge >= 0.3 is 11.8 Å². The molecule has 0 saturated carbocycles. The Balaban J connectivity index is 2.34. The van der Waals surface area contributed by atoms with Gasteiger partial charge in [-0.05, 0) is 57.7 Å². The van der Waals surface area contributed by atoms with Gasteiger partial charge in [0.05, 0.1) is 6.61 Å². The summed E-state index contributed by atoms with van der Waals surface area (Å²) in [5, 5.41) is 5.17. The van der Waals surface area contributed by atoms with Crippen LogP contribution in [0.3, 0.4) is 0 Å². The zero-order chi connectivity index (χ0) is 17.1. The Labute approximate surface area is 138 Å². The first kappa shape index (κ1) is 19.0. The Kier molecular flexibility index (Phi) is 8.75. The fourth-order valence-electron chi connectivity index (χ4n) is 1.83. The number of hydrogen-bond donors (Lipinski definition) is 2. The molecule has 6 nitrogen and oxygen atoms in total. The largest absolute Gasteiger partial charge is 0.494 e. The van der Waals surface area contributed by atoms with Crippen LogP contribution < -0.4 is 15.4 Å². The van der Waals surface area contributed by atoms with E-state index in [1.54, 1.807) is 24.3 Å². The van der Waals surface area contributed by atoms with E-state index in [1.165, 1.54) is 0 Å². The molecule has 0 aromatic heterocycles. The summed E-state index contributed by atoms with van der Waals surface area (Å²) in [5.74, 6) is -0.522. The number of benzene rings is 1. The summed E-state index contributed by atoms with van der Waals surface area (Å²) in [6.07, 6.45) is 2.89. The Hall–Kier alpha value is -2.08. The van der Waals surface area contributed by atoms with E-state index in [4.69, 9.17) is 4.74 Å². The standard InChI is InChI=1S/C17H27N3O3/c1-4-5-13-23-15-9-7-14(8-10-15)19-17(22)16(21)18-11-6-12-20(2)3/h7-10H,4-6,11-13H2,1-3H3,(H,18,21)(H,19,22). The van der Waals surface area contributed by atoms with Gasteiger partial charge in [0.25, 0.3) is 0 Å². The molecule has 0 aliphatic carbocycles. The van der Waals surface area contributed by atoms with Crippen LogP contribution in [0.4, 0.5) is 5.69 Å². The van der Waals surface area contributed by atoms with Crippen molar-refractivity contribution in [2.24, 2.45) is 0 Å². The monoisotopic (exact) mass is 321 g/mol. The zero-order valence-electron chi connectivity index (χ0n) is 14.2. The Morgan fingerprint density at radius 2 is 1.78 bits per heavy atom. The van der Waals surface area contributed by atoms with E-state index in [2.05, 4.69) is 17.6 Å². The molecule has 1 aromatic rings. The van der Waals surface area contributed by atoms with E-state index in [-0.39, 0.29) is 0 Å². The number of unbranched alkanes of at least 4 members (excludes halogenated alkanes) is 1. The molecule has 0 aliphatic rings. The van der Waals surface area contributed by atoms with Crippen molar-refractivity contribution in [2.45, 2.75) is 26.2 Å². The lowest BCUT2D eigenvalue weighted by molar-refractivity contribution is -0.136. The molecule has 2 amide bonds. The molecule has 0 unspecified atom stereocenters. The van der Waals surface area contributed by atoms with Crippen LogP contribution in [0.1, 0.15) is 26.2 Å². The van der Waals surface area contributed by atoms with Crippen LogP contribution in [0.2, 0.25) is 0 Å². The smallest absolute Gasteiger partial charge is 0.313 e. The summed E-state index contributed by atoms with van der Waals surface area (Å²) in [6, 6.07) is 7.00. The van der Waals surface area contributed by atoms with Crippen molar-refractivity contribution in [3.05, 3.63) is 24.3 Å². The van der Waals surface area contributed by atoms with Gasteiger partial charge in [0.2, 0.25) is 0 Å². The van der Waals surface area contributed by atoms with Gasteiger partial charge in [-0.3, -0.25) is 9.59 Å². The average molecular weight is 321 g/mol. The van der Waals surface area contributed by atoms with Gasteiger partial charge in [-0.2, -0.15) is 0 Å². The van der Waals surface area contributed by atoms with Crippen molar-refractivity contribution in [1.82, 2.24) is 10.2 Å². The summed E-state index contributed by atoms with van der Waals surface area (Å²) in [6.45, 7) is 4.13. The number of nitrogens with one attached hydrogen (secondary N) is 2. The average Bonchev–Trinajstić information content (AvgIpc) is 2.53. The Morgan fingerprint density at radius 3 is 2.39 bits per heavy atom. The van der Waals surface area contributed by atoms with Gasteiger partial charge in [0, 0.05) is 12.2 Å². The fraction of sp³-hybridized carbons (Fsp3) is 0.529. The lowest BCUT2D eigenvalue weighted by atomic mass is 10.3. The first-order chi connectivity index (χ1) is 11.0. The fourth-order valence-corrected chi connectivity index (χ4v) is 1.83. The molecule has 0 radical (unpaired) electrons. The van der Waals surface area contributed by atoms with Gasteiger partial charge < -0.3 is 20.3 Å². The topological polar surface area (TPSA) is 70.7 Å². The van der Waals surface area contributed by atoms with E-state index in [1.807, 2.05) is 19.0 Å². The number of amides is 2. The second-order valence-corrected chi connectivity index (χ2v) is 5.59. The Bertz CT molecular complexity index is 486. The molecule has 0 aliphatic heterocycles. The SMILES string of the molecule is CCCCOc1ccc(NC(=O)C(=O)NCCCN(C)C)cc1. The van der Waals surface area contributed by atoms with Crippen LogP contribution in [0.5, 0.6) is 5.75 Å². The van der Waals surface area contributed by atoms with E-state index >= 15 is 0 Å². The number of rotatable bonds is 9. The van der Waals surface area contributed by atoms with Gasteiger partial charge in [0.1, 0.15) is 5.75 Å².